The fraction of sp³-hybridized carbons (Fsp3) is 0.188. The predicted octanol–water partition coefficient (Wildman–Crippen LogP) is 2.98. The lowest BCUT2D eigenvalue weighted by Gasteiger charge is -2.13. The highest BCUT2D eigenvalue weighted by Gasteiger charge is 2.15. The van der Waals surface area contributed by atoms with E-state index in [0.29, 0.717) is 17.2 Å². The minimum atomic E-state index is -3.47. The standard InChI is InChI=1S/C16H17ClN2O5S/c1-23-11-5-7-15(24-2)14(9-11)18-16(20)12-8-10(4-6-13(12)17)19-25(3,21)22/h4-9,19H,1-3H3,(H,18,20). The van der Waals surface area contributed by atoms with Gasteiger partial charge in [-0.15, -0.1) is 0 Å². The number of hydrogen-bond acceptors (Lipinski definition) is 5. The van der Waals surface area contributed by atoms with Gasteiger partial charge in [0.2, 0.25) is 10.0 Å². The lowest BCUT2D eigenvalue weighted by atomic mass is 10.1. The van der Waals surface area contributed by atoms with Crippen molar-refractivity contribution >= 4 is 38.9 Å². The highest BCUT2D eigenvalue weighted by Crippen LogP contribution is 2.30. The molecule has 0 atom stereocenters. The number of nitrogens with one attached hydrogen (secondary N) is 2. The Balaban J connectivity index is 2.34. The monoisotopic (exact) mass is 384 g/mol. The van der Waals surface area contributed by atoms with E-state index in [9.17, 15) is 13.2 Å². The number of carbonyl (C=O) groups excluding carboxylic acids is 1. The molecule has 0 heterocycles. The summed E-state index contributed by atoms with van der Waals surface area (Å²) in [6.45, 7) is 0. The number of ether oxygens (including phenoxy) is 2. The van der Waals surface area contributed by atoms with Crippen LogP contribution in [-0.2, 0) is 10.0 Å². The smallest absolute Gasteiger partial charge is 0.257 e. The number of carbonyl (C=O) groups is 1. The van der Waals surface area contributed by atoms with E-state index in [0.717, 1.165) is 6.26 Å². The molecule has 0 aromatic heterocycles. The van der Waals surface area contributed by atoms with Gasteiger partial charge in [-0.1, -0.05) is 11.6 Å². The van der Waals surface area contributed by atoms with E-state index >= 15 is 0 Å². The van der Waals surface area contributed by atoms with Gasteiger partial charge in [0.25, 0.3) is 5.91 Å². The van der Waals surface area contributed by atoms with E-state index in [1.165, 1.54) is 32.4 Å². The first kappa shape index (κ1) is 18.9. The molecule has 0 saturated carbocycles. The van der Waals surface area contributed by atoms with Gasteiger partial charge in [-0.3, -0.25) is 9.52 Å². The SMILES string of the molecule is COc1ccc(OC)c(NC(=O)c2cc(NS(C)(=O)=O)ccc2Cl)c1. The second kappa shape index (κ2) is 7.62. The van der Waals surface area contributed by atoms with Crippen molar-refractivity contribution in [3.05, 3.63) is 47.0 Å². The number of sulfonamides is 1. The summed E-state index contributed by atoms with van der Waals surface area (Å²) < 4.78 is 35.3. The van der Waals surface area contributed by atoms with Crippen molar-refractivity contribution in [2.45, 2.75) is 0 Å². The molecule has 2 aromatic carbocycles. The molecule has 0 fully saturated rings. The molecule has 134 valence electrons. The maximum atomic E-state index is 12.6. The summed E-state index contributed by atoms with van der Waals surface area (Å²) in [6.07, 6.45) is 1.02. The first-order valence-corrected chi connectivity index (χ1v) is 9.31. The number of hydrogen-bond donors (Lipinski definition) is 2. The van der Waals surface area contributed by atoms with Crippen molar-refractivity contribution in [3.63, 3.8) is 0 Å². The second-order valence-electron chi connectivity index (χ2n) is 5.09. The highest BCUT2D eigenvalue weighted by molar-refractivity contribution is 7.92. The molecule has 2 rings (SSSR count). The quantitative estimate of drug-likeness (QED) is 0.798. The Morgan fingerprint density at radius 3 is 2.40 bits per heavy atom. The average Bonchev–Trinajstić information content (AvgIpc) is 2.55. The van der Waals surface area contributed by atoms with E-state index < -0.39 is 15.9 Å². The number of anilines is 2. The Bertz CT molecular complexity index is 899. The molecular formula is C16H17ClN2O5S. The van der Waals surface area contributed by atoms with E-state index in [4.69, 9.17) is 21.1 Å². The second-order valence-corrected chi connectivity index (χ2v) is 7.24. The summed E-state index contributed by atoms with van der Waals surface area (Å²) in [5.74, 6) is 0.457. The van der Waals surface area contributed by atoms with Crippen molar-refractivity contribution in [2.24, 2.45) is 0 Å². The first-order chi connectivity index (χ1) is 11.7. The summed E-state index contributed by atoms with van der Waals surface area (Å²) in [6, 6.07) is 9.20. The summed E-state index contributed by atoms with van der Waals surface area (Å²) in [5.41, 5.74) is 0.735. The van der Waals surface area contributed by atoms with Crippen LogP contribution in [0.25, 0.3) is 0 Å². The summed E-state index contributed by atoms with van der Waals surface area (Å²) >= 11 is 6.07. The van der Waals surface area contributed by atoms with Crippen LogP contribution >= 0.6 is 11.6 Å². The van der Waals surface area contributed by atoms with Crippen LogP contribution in [0.5, 0.6) is 11.5 Å². The molecule has 0 bridgehead atoms. The molecular weight excluding hydrogens is 368 g/mol. The zero-order valence-electron chi connectivity index (χ0n) is 13.8. The van der Waals surface area contributed by atoms with Crippen molar-refractivity contribution in [1.29, 1.82) is 0 Å². The van der Waals surface area contributed by atoms with Crippen molar-refractivity contribution in [1.82, 2.24) is 0 Å². The van der Waals surface area contributed by atoms with Crippen molar-refractivity contribution < 1.29 is 22.7 Å². The third-order valence-corrected chi connectivity index (χ3v) is 4.11. The minimum Gasteiger partial charge on any atom is -0.497 e. The first-order valence-electron chi connectivity index (χ1n) is 7.04. The maximum absolute atomic E-state index is 12.6. The molecule has 0 aliphatic carbocycles. The zero-order chi connectivity index (χ0) is 18.6. The van der Waals surface area contributed by atoms with E-state index in [2.05, 4.69) is 10.0 Å². The lowest BCUT2D eigenvalue weighted by molar-refractivity contribution is 0.102. The van der Waals surface area contributed by atoms with Gasteiger partial charge in [-0.25, -0.2) is 8.42 Å². The Labute approximate surface area is 151 Å². The predicted molar refractivity (Wildman–Crippen MR) is 97.4 cm³/mol. The summed E-state index contributed by atoms with van der Waals surface area (Å²) in [4.78, 5) is 12.6. The van der Waals surface area contributed by atoms with Crippen molar-refractivity contribution in [2.75, 3.05) is 30.5 Å². The molecule has 7 nitrogen and oxygen atoms in total. The van der Waals surface area contributed by atoms with Crippen LogP contribution in [0.15, 0.2) is 36.4 Å². The lowest BCUT2D eigenvalue weighted by Crippen LogP contribution is -2.15. The molecule has 0 spiro atoms. The molecule has 0 unspecified atom stereocenters. The molecule has 0 aliphatic rings. The highest BCUT2D eigenvalue weighted by atomic mass is 35.5. The molecule has 0 radical (unpaired) electrons. The van der Waals surface area contributed by atoms with Gasteiger partial charge in [0.15, 0.2) is 0 Å². The summed E-state index contributed by atoms with van der Waals surface area (Å²) in [7, 11) is -0.494. The molecule has 2 N–H and O–H groups in total. The number of rotatable bonds is 6. The van der Waals surface area contributed by atoms with Gasteiger partial charge >= 0.3 is 0 Å². The largest absolute Gasteiger partial charge is 0.497 e. The number of amides is 1. The molecule has 0 saturated heterocycles. The zero-order valence-corrected chi connectivity index (χ0v) is 15.4. The summed E-state index contributed by atoms with van der Waals surface area (Å²) in [5, 5.41) is 2.86. The van der Waals surface area contributed by atoms with Crippen LogP contribution in [0.1, 0.15) is 10.4 Å². The van der Waals surface area contributed by atoms with Gasteiger partial charge in [0, 0.05) is 11.8 Å². The van der Waals surface area contributed by atoms with Gasteiger partial charge < -0.3 is 14.8 Å². The molecule has 25 heavy (non-hydrogen) atoms. The van der Waals surface area contributed by atoms with Crippen molar-refractivity contribution in [3.8, 4) is 11.5 Å². The van der Waals surface area contributed by atoms with Gasteiger partial charge in [0.1, 0.15) is 11.5 Å². The minimum absolute atomic E-state index is 0.111. The normalized spacial score (nSPS) is 10.9. The Hall–Kier alpha value is -2.45. The maximum Gasteiger partial charge on any atom is 0.257 e. The van der Waals surface area contributed by atoms with E-state index in [-0.39, 0.29) is 16.3 Å². The van der Waals surface area contributed by atoms with Gasteiger partial charge in [0.05, 0.1) is 36.7 Å². The number of benzene rings is 2. The van der Waals surface area contributed by atoms with Crippen LogP contribution in [0.3, 0.4) is 0 Å². The molecule has 1 amide bonds. The Kier molecular flexibility index (Phi) is 5.76. The van der Waals surface area contributed by atoms with Gasteiger partial charge in [-0.05, 0) is 30.3 Å². The van der Waals surface area contributed by atoms with Crippen LogP contribution in [0.4, 0.5) is 11.4 Å². The molecule has 9 heteroatoms. The van der Waals surface area contributed by atoms with Crippen LogP contribution < -0.4 is 19.5 Å². The number of halogens is 1. The van der Waals surface area contributed by atoms with Gasteiger partial charge in [-0.2, -0.15) is 0 Å². The third-order valence-electron chi connectivity index (χ3n) is 3.17. The molecule has 0 aliphatic heterocycles. The average molecular weight is 385 g/mol. The van der Waals surface area contributed by atoms with E-state index in [1.54, 1.807) is 18.2 Å². The topological polar surface area (TPSA) is 93.7 Å². The van der Waals surface area contributed by atoms with Crippen LogP contribution in [0.2, 0.25) is 5.02 Å². The Morgan fingerprint density at radius 2 is 1.80 bits per heavy atom. The molecule has 2 aromatic rings. The number of methoxy groups -OCH3 is 2. The Morgan fingerprint density at radius 1 is 1.08 bits per heavy atom. The fourth-order valence-corrected chi connectivity index (χ4v) is 2.84. The third kappa shape index (κ3) is 5.01. The fourth-order valence-electron chi connectivity index (χ4n) is 2.08. The van der Waals surface area contributed by atoms with Crippen LogP contribution in [-0.4, -0.2) is 34.8 Å². The van der Waals surface area contributed by atoms with Crippen LogP contribution in [0, 0.1) is 0 Å². The van der Waals surface area contributed by atoms with E-state index in [1.807, 2.05) is 0 Å².